The van der Waals surface area contributed by atoms with Crippen LogP contribution in [-0.2, 0) is 18.9 Å². The fourth-order valence-corrected chi connectivity index (χ4v) is 6.60. The fourth-order valence-electron chi connectivity index (χ4n) is 6.60. The summed E-state index contributed by atoms with van der Waals surface area (Å²) in [5.74, 6) is -2.84. The van der Waals surface area contributed by atoms with Crippen molar-refractivity contribution in [1.82, 2.24) is 0 Å². The predicted molar refractivity (Wildman–Crippen MR) is 173 cm³/mol. The van der Waals surface area contributed by atoms with Crippen LogP contribution in [0.5, 0.6) is 23.0 Å². The number of ether oxygens (including phenoxy) is 5. The van der Waals surface area contributed by atoms with E-state index in [1.165, 1.54) is 12.1 Å². The summed E-state index contributed by atoms with van der Waals surface area (Å²) in [6.45, 7) is -2.44. The van der Waals surface area contributed by atoms with Crippen LogP contribution in [0.1, 0.15) is 11.7 Å². The van der Waals surface area contributed by atoms with Crippen LogP contribution in [0.25, 0.3) is 22.3 Å². The number of aliphatic hydroxyl groups is 11. The van der Waals surface area contributed by atoms with Crippen molar-refractivity contribution in [1.29, 1.82) is 0 Å². The predicted octanol–water partition coefficient (Wildman–Crippen LogP) is -4.91. The summed E-state index contributed by atoms with van der Waals surface area (Å²) in [4.78, 5) is 13.5. The van der Waals surface area contributed by atoms with Gasteiger partial charge in [-0.2, -0.15) is 0 Å². The Balaban J connectivity index is 1.32. The molecule has 0 radical (unpaired) electrons. The zero-order valence-electron chi connectivity index (χ0n) is 27.8. The molecule has 3 aromatic rings. The molecule has 1 aromatic heterocycles. The number of aromatic hydroxyl groups is 3. The maximum atomic E-state index is 13.5. The number of phenolic OH excluding ortho intramolecular Hbond substituents is 3. The number of hydrogen-bond donors (Lipinski definition) is 14. The summed E-state index contributed by atoms with van der Waals surface area (Å²) in [6.07, 6.45) is -26.2. The van der Waals surface area contributed by atoms with Gasteiger partial charge in [-0.1, -0.05) is 0 Å². The summed E-state index contributed by atoms with van der Waals surface area (Å²) in [5.41, 5.74) is -1.86. The summed E-state index contributed by atoms with van der Waals surface area (Å²) in [6, 6.07) is 5.37. The Kier molecular flexibility index (Phi) is 11.7. The van der Waals surface area contributed by atoms with Gasteiger partial charge in [-0.15, -0.1) is 0 Å². The van der Waals surface area contributed by atoms with E-state index < -0.39 is 151 Å². The first-order valence-corrected chi connectivity index (χ1v) is 16.5. The van der Waals surface area contributed by atoms with Gasteiger partial charge in [-0.05, 0) is 18.2 Å². The molecular formula is C33H40O21. The number of phenols is 3. The Hall–Kier alpha value is -3.75. The van der Waals surface area contributed by atoms with Gasteiger partial charge >= 0.3 is 0 Å². The molecule has 3 aliphatic heterocycles. The van der Waals surface area contributed by atoms with Gasteiger partial charge < -0.3 is 99.6 Å². The van der Waals surface area contributed by atoms with Crippen LogP contribution in [0.2, 0.25) is 0 Å². The molecule has 3 aliphatic rings. The lowest BCUT2D eigenvalue weighted by atomic mass is 9.89. The first-order chi connectivity index (χ1) is 25.6. The molecule has 0 bridgehead atoms. The molecule has 0 spiro atoms. The summed E-state index contributed by atoms with van der Waals surface area (Å²) in [5, 5.41) is 144. The highest BCUT2D eigenvalue weighted by Gasteiger charge is 2.52. The van der Waals surface area contributed by atoms with Gasteiger partial charge in [0.25, 0.3) is 0 Å². The molecule has 0 amide bonds. The lowest BCUT2D eigenvalue weighted by Gasteiger charge is -2.46. The van der Waals surface area contributed by atoms with Crippen LogP contribution < -0.4 is 10.2 Å². The quantitative estimate of drug-likeness (QED) is 0.0969. The van der Waals surface area contributed by atoms with E-state index in [-0.39, 0.29) is 17.1 Å². The molecule has 14 N–H and O–H groups in total. The smallest absolute Gasteiger partial charge is 0.229 e. The van der Waals surface area contributed by atoms with Crippen molar-refractivity contribution in [3.8, 4) is 34.3 Å². The molecule has 298 valence electrons. The van der Waals surface area contributed by atoms with E-state index in [2.05, 4.69) is 0 Å². The van der Waals surface area contributed by atoms with Crippen molar-refractivity contribution in [2.75, 3.05) is 19.8 Å². The SMILES string of the molecule is O=c1cc(-c2ccc(OC3OC(CO)C(O)C(O)C3O)c(O)c2)oc2cc(O)c(C3OC(CO)C(O)C(O)C3OC3OC(CO)C(O)C(O)C3O)c(O)c12. The lowest BCUT2D eigenvalue weighted by Crippen LogP contribution is -2.62. The third-order valence-electron chi connectivity index (χ3n) is 9.64. The molecule has 6 rings (SSSR count). The minimum Gasteiger partial charge on any atom is -0.507 e. The average molecular weight is 773 g/mol. The normalized spacial score (nSPS) is 37.4. The van der Waals surface area contributed by atoms with Gasteiger partial charge in [-0.3, -0.25) is 4.79 Å². The van der Waals surface area contributed by atoms with E-state index in [9.17, 15) is 76.3 Å². The first kappa shape index (κ1) is 39.9. The van der Waals surface area contributed by atoms with Gasteiger partial charge in [0.15, 0.2) is 23.2 Å². The van der Waals surface area contributed by atoms with Gasteiger partial charge in [0.05, 0.1) is 25.4 Å². The number of fused-ring (bicyclic) bond motifs is 1. The van der Waals surface area contributed by atoms with Crippen LogP contribution in [0.15, 0.2) is 39.5 Å². The molecule has 3 saturated heterocycles. The van der Waals surface area contributed by atoms with E-state index in [4.69, 9.17) is 28.1 Å². The second-order valence-corrected chi connectivity index (χ2v) is 13.1. The molecule has 21 heteroatoms. The van der Waals surface area contributed by atoms with Crippen LogP contribution in [-0.4, -0.2) is 177 Å². The number of aliphatic hydroxyl groups excluding tert-OH is 11. The Bertz CT molecular complexity index is 1850. The molecular weight excluding hydrogens is 732 g/mol. The molecule has 0 aliphatic carbocycles. The van der Waals surface area contributed by atoms with Crippen molar-refractivity contribution in [2.24, 2.45) is 0 Å². The molecule has 2 aromatic carbocycles. The summed E-state index contributed by atoms with van der Waals surface area (Å²) in [7, 11) is 0. The minimum atomic E-state index is -2.00. The van der Waals surface area contributed by atoms with E-state index in [1.807, 2.05) is 0 Å². The second kappa shape index (κ2) is 15.8. The molecule has 54 heavy (non-hydrogen) atoms. The Morgan fingerprint density at radius 1 is 0.611 bits per heavy atom. The van der Waals surface area contributed by atoms with Gasteiger partial charge in [-0.25, -0.2) is 0 Å². The third kappa shape index (κ3) is 7.09. The highest BCUT2D eigenvalue weighted by molar-refractivity contribution is 5.88. The van der Waals surface area contributed by atoms with Gasteiger partial charge in [0.2, 0.25) is 6.29 Å². The zero-order valence-corrected chi connectivity index (χ0v) is 27.8. The van der Waals surface area contributed by atoms with Crippen molar-refractivity contribution in [3.63, 3.8) is 0 Å². The van der Waals surface area contributed by atoms with Crippen molar-refractivity contribution < 1.29 is 99.6 Å². The minimum absolute atomic E-state index is 0.0576. The van der Waals surface area contributed by atoms with Crippen LogP contribution >= 0.6 is 0 Å². The van der Waals surface area contributed by atoms with Gasteiger partial charge in [0, 0.05) is 17.7 Å². The topological polar surface area (TPSA) is 360 Å². The van der Waals surface area contributed by atoms with Crippen molar-refractivity contribution >= 4 is 11.0 Å². The maximum Gasteiger partial charge on any atom is 0.229 e. The highest BCUT2D eigenvalue weighted by Crippen LogP contribution is 2.46. The van der Waals surface area contributed by atoms with Crippen molar-refractivity contribution in [2.45, 2.75) is 91.9 Å². The Morgan fingerprint density at radius 2 is 1.17 bits per heavy atom. The van der Waals surface area contributed by atoms with Crippen LogP contribution in [0.4, 0.5) is 0 Å². The van der Waals surface area contributed by atoms with E-state index in [0.717, 1.165) is 18.2 Å². The molecule has 3 fully saturated rings. The summed E-state index contributed by atoms with van der Waals surface area (Å²) < 4.78 is 33.3. The number of benzene rings is 2. The fraction of sp³-hybridized carbons (Fsp3) is 0.545. The largest absolute Gasteiger partial charge is 0.507 e. The number of rotatable bonds is 9. The Labute approximate surface area is 302 Å². The maximum absolute atomic E-state index is 13.5. The van der Waals surface area contributed by atoms with E-state index in [1.54, 1.807) is 0 Å². The van der Waals surface area contributed by atoms with E-state index >= 15 is 0 Å². The van der Waals surface area contributed by atoms with E-state index in [0.29, 0.717) is 0 Å². The number of hydrogen-bond acceptors (Lipinski definition) is 21. The first-order valence-electron chi connectivity index (χ1n) is 16.5. The zero-order chi connectivity index (χ0) is 39.3. The molecule has 4 heterocycles. The highest BCUT2D eigenvalue weighted by atomic mass is 16.7. The third-order valence-corrected chi connectivity index (χ3v) is 9.64. The standard InChI is InChI=1S/C33H40O21/c34-6-16-23(42)27(46)31(54-33-29(48)26(45)22(41)18(8-36)53-33)30(50-16)20-12(39)5-15-19(24(20)43)11(38)4-14(49-15)9-1-2-13(10(37)3-9)51-32-28(47)25(44)21(40)17(7-35)52-32/h1-5,16-18,21-23,25-37,39-48H,6-8H2. The lowest BCUT2D eigenvalue weighted by molar-refractivity contribution is -0.342. The average Bonchev–Trinajstić information content (AvgIpc) is 3.14. The van der Waals surface area contributed by atoms with Gasteiger partial charge in [0.1, 0.15) is 108 Å². The molecule has 21 nitrogen and oxygen atoms in total. The summed E-state index contributed by atoms with van der Waals surface area (Å²) >= 11 is 0. The monoisotopic (exact) mass is 772 g/mol. The molecule has 15 atom stereocenters. The van der Waals surface area contributed by atoms with Crippen LogP contribution in [0.3, 0.4) is 0 Å². The van der Waals surface area contributed by atoms with Crippen LogP contribution in [0, 0.1) is 0 Å². The molecule has 15 unspecified atom stereocenters. The Morgan fingerprint density at radius 3 is 1.76 bits per heavy atom. The molecule has 0 saturated carbocycles. The van der Waals surface area contributed by atoms with Crippen molar-refractivity contribution in [3.05, 3.63) is 46.1 Å². The second-order valence-electron chi connectivity index (χ2n) is 13.1.